The fourth-order valence-electron chi connectivity index (χ4n) is 2.67. The highest BCUT2D eigenvalue weighted by Gasteiger charge is 2.14. The number of rotatable bonds is 6. The molecular weight excluding hydrogens is 386 g/mol. The predicted molar refractivity (Wildman–Crippen MR) is 114 cm³/mol. The van der Waals surface area contributed by atoms with Gasteiger partial charge < -0.3 is 10.1 Å². The van der Waals surface area contributed by atoms with Gasteiger partial charge in [-0.1, -0.05) is 53.7 Å². The van der Waals surface area contributed by atoms with Gasteiger partial charge in [-0.15, -0.1) is 0 Å². The van der Waals surface area contributed by atoms with E-state index in [1.807, 2.05) is 44.2 Å². The molecule has 148 valence electrons. The molecule has 1 heterocycles. The van der Waals surface area contributed by atoms with Gasteiger partial charge in [0.2, 0.25) is 5.91 Å². The number of carbonyl (C=O) groups is 2. The molecule has 6 nitrogen and oxygen atoms in total. The lowest BCUT2D eigenvalue weighted by molar-refractivity contribution is -0.113. The van der Waals surface area contributed by atoms with Crippen LogP contribution in [-0.2, 0) is 9.53 Å². The lowest BCUT2D eigenvalue weighted by Gasteiger charge is -2.10. The number of ether oxygens (including phenoxy) is 1. The van der Waals surface area contributed by atoms with Crippen molar-refractivity contribution in [3.8, 4) is 11.3 Å². The van der Waals surface area contributed by atoms with Gasteiger partial charge >= 0.3 is 5.97 Å². The molecule has 0 aliphatic rings. The molecule has 7 heteroatoms. The van der Waals surface area contributed by atoms with Crippen LogP contribution in [0.5, 0.6) is 0 Å². The summed E-state index contributed by atoms with van der Waals surface area (Å²) < 4.78 is 4.75. The summed E-state index contributed by atoms with van der Waals surface area (Å²) in [7, 11) is 1.30. The molecule has 0 spiro atoms. The first kappa shape index (κ1) is 20.5. The minimum Gasteiger partial charge on any atom is -0.465 e. The van der Waals surface area contributed by atoms with E-state index in [9.17, 15) is 9.59 Å². The number of carbonyl (C=O) groups excluding carboxylic acids is 2. The number of hydrogen-bond donors (Lipinski definition) is 1. The van der Waals surface area contributed by atoms with Gasteiger partial charge in [0.05, 0.1) is 29.8 Å². The Kier molecular flexibility index (Phi) is 6.61. The van der Waals surface area contributed by atoms with Crippen LogP contribution in [0.1, 0.15) is 21.6 Å². The molecule has 1 amide bonds. The number of aryl methyl sites for hydroxylation is 2. The highest BCUT2D eigenvalue weighted by Crippen LogP contribution is 2.23. The van der Waals surface area contributed by atoms with Crippen molar-refractivity contribution in [2.75, 3.05) is 18.2 Å². The molecule has 0 fully saturated rings. The zero-order chi connectivity index (χ0) is 20.8. The van der Waals surface area contributed by atoms with Crippen LogP contribution in [-0.4, -0.2) is 34.7 Å². The number of aromatic nitrogens is 2. The quantitative estimate of drug-likeness (QED) is 0.373. The Morgan fingerprint density at radius 3 is 2.48 bits per heavy atom. The van der Waals surface area contributed by atoms with Gasteiger partial charge in [0.1, 0.15) is 0 Å². The summed E-state index contributed by atoms with van der Waals surface area (Å²) in [5, 5.41) is 3.27. The van der Waals surface area contributed by atoms with Crippen LogP contribution in [0.3, 0.4) is 0 Å². The Bertz CT molecular complexity index is 1040. The lowest BCUT2D eigenvalue weighted by Crippen LogP contribution is -2.17. The van der Waals surface area contributed by atoms with Crippen molar-refractivity contribution in [1.29, 1.82) is 0 Å². The Balaban J connectivity index is 1.70. The number of para-hydroxylation sites is 1. The second-order valence-corrected chi connectivity index (χ2v) is 7.36. The summed E-state index contributed by atoms with van der Waals surface area (Å²) in [5.74, 6) is -0.640. The van der Waals surface area contributed by atoms with Crippen LogP contribution in [0.25, 0.3) is 11.3 Å². The number of thioether (sulfide) groups is 1. The minimum absolute atomic E-state index is 0.117. The number of methoxy groups -OCH3 is 1. The number of nitrogens with one attached hydrogen (secondary N) is 1. The van der Waals surface area contributed by atoms with Gasteiger partial charge in [0.15, 0.2) is 5.16 Å². The van der Waals surface area contributed by atoms with E-state index in [0.29, 0.717) is 16.4 Å². The SMILES string of the molecule is COC(=O)c1ccccc1NC(=O)CSc1nc(C)cc(-c2ccc(C)cc2)n1. The maximum atomic E-state index is 12.4. The molecule has 0 aliphatic heterocycles. The molecule has 0 aliphatic carbocycles. The number of nitrogens with zero attached hydrogens (tertiary/aromatic N) is 2. The molecule has 0 bridgehead atoms. The Labute approximate surface area is 173 Å². The molecule has 29 heavy (non-hydrogen) atoms. The Morgan fingerprint density at radius 2 is 1.76 bits per heavy atom. The first-order valence-corrected chi connectivity index (χ1v) is 9.97. The third kappa shape index (κ3) is 5.42. The lowest BCUT2D eigenvalue weighted by atomic mass is 10.1. The van der Waals surface area contributed by atoms with Gasteiger partial charge in [-0.3, -0.25) is 4.79 Å². The third-order valence-electron chi connectivity index (χ3n) is 4.12. The van der Waals surface area contributed by atoms with Crippen molar-refractivity contribution in [3.63, 3.8) is 0 Å². The summed E-state index contributed by atoms with van der Waals surface area (Å²) >= 11 is 1.24. The summed E-state index contributed by atoms with van der Waals surface area (Å²) in [5.41, 5.74) is 4.54. The minimum atomic E-state index is -0.502. The van der Waals surface area contributed by atoms with E-state index in [1.54, 1.807) is 24.3 Å². The van der Waals surface area contributed by atoms with Crippen LogP contribution in [0.2, 0.25) is 0 Å². The predicted octanol–water partition coefficient (Wildman–Crippen LogP) is 4.28. The van der Waals surface area contributed by atoms with Crippen molar-refractivity contribution in [2.45, 2.75) is 19.0 Å². The van der Waals surface area contributed by atoms with Gasteiger partial charge in [0, 0.05) is 11.3 Å². The number of benzene rings is 2. The summed E-state index contributed by atoms with van der Waals surface area (Å²) in [6.45, 7) is 3.93. The Hall–Kier alpha value is -3.19. The standard InChI is InChI=1S/C22H21N3O3S/c1-14-8-10-16(11-9-14)19-12-15(2)23-22(25-19)29-13-20(26)24-18-7-5-4-6-17(18)21(27)28-3/h4-12H,13H2,1-3H3,(H,24,26). The maximum Gasteiger partial charge on any atom is 0.339 e. The number of esters is 1. The molecule has 0 saturated heterocycles. The van der Waals surface area contributed by atoms with Crippen molar-refractivity contribution >= 4 is 29.3 Å². The normalized spacial score (nSPS) is 10.4. The smallest absolute Gasteiger partial charge is 0.339 e. The molecule has 3 rings (SSSR count). The summed E-state index contributed by atoms with van der Waals surface area (Å²) in [6, 6.07) is 16.7. The second-order valence-electron chi connectivity index (χ2n) is 6.42. The molecule has 0 atom stereocenters. The largest absolute Gasteiger partial charge is 0.465 e. The first-order chi connectivity index (χ1) is 14.0. The van der Waals surface area contributed by atoms with Crippen molar-refractivity contribution in [3.05, 3.63) is 71.4 Å². The summed E-state index contributed by atoms with van der Waals surface area (Å²) in [6.07, 6.45) is 0. The highest BCUT2D eigenvalue weighted by atomic mass is 32.2. The zero-order valence-electron chi connectivity index (χ0n) is 16.4. The van der Waals surface area contributed by atoms with Gasteiger partial charge in [-0.2, -0.15) is 0 Å². The van der Waals surface area contributed by atoms with E-state index in [4.69, 9.17) is 4.74 Å². The molecule has 0 unspecified atom stereocenters. The molecule has 1 N–H and O–H groups in total. The van der Waals surface area contributed by atoms with Crippen LogP contribution < -0.4 is 5.32 Å². The van der Waals surface area contributed by atoms with Crippen LogP contribution in [0.15, 0.2) is 59.8 Å². The molecule has 0 radical (unpaired) electrons. The van der Waals surface area contributed by atoms with Crippen molar-refractivity contribution < 1.29 is 14.3 Å². The Morgan fingerprint density at radius 1 is 1.03 bits per heavy atom. The monoisotopic (exact) mass is 407 g/mol. The molecule has 3 aromatic rings. The second kappa shape index (κ2) is 9.34. The number of anilines is 1. The average Bonchev–Trinajstić information content (AvgIpc) is 2.72. The average molecular weight is 407 g/mol. The number of amides is 1. The van der Waals surface area contributed by atoms with Crippen LogP contribution >= 0.6 is 11.8 Å². The van der Waals surface area contributed by atoms with Crippen LogP contribution in [0, 0.1) is 13.8 Å². The van der Waals surface area contributed by atoms with Crippen molar-refractivity contribution in [2.24, 2.45) is 0 Å². The third-order valence-corrected chi connectivity index (χ3v) is 4.97. The maximum absolute atomic E-state index is 12.4. The van der Waals surface area contributed by atoms with E-state index >= 15 is 0 Å². The molecule has 1 aromatic heterocycles. The fourth-order valence-corrected chi connectivity index (χ4v) is 3.38. The molecular formula is C22H21N3O3S. The van der Waals surface area contributed by atoms with E-state index in [1.165, 1.54) is 24.4 Å². The molecule has 2 aromatic carbocycles. The zero-order valence-corrected chi connectivity index (χ0v) is 17.2. The van der Waals surface area contributed by atoms with Crippen molar-refractivity contribution in [1.82, 2.24) is 9.97 Å². The van der Waals surface area contributed by atoms with Gasteiger partial charge in [0.25, 0.3) is 0 Å². The topological polar surface area (TPSA) is 81.2 Å². The number of hydrogen-bond acceptors (Lipinski definition) is 6. The van der Waals surface area contributed by atoms with Gasteiger partial charge in [-0.25, -0.2) is 14.8 Å². The first-order valence-electron chi connectivity index (χ1n) is 8.99. The van der Waals surface area contributed by atoms with Crippen LogP contribution in [0.4, 0.5) is 5.69 Å². The highest BCUT2D eigenvalue weighted by molar-refractivity contribution is 7.99. The molecule has 0 saturated carbocycles. The van der Waals surface area contributed by atoms with E-state index < -0.39 is 5.97 Å². The summed E-state index contributed by atoms with van der Waals surface area (Å²) in [4.78, 5) is 33.2. The van der Waals surface area contributed by atoms with E-state index in [0.717, 1.165) is 17.0 Å². The fraction of sp³-hybridized carbons (Fsp3) is 0.182. The van der Waals surface area contributed by atoms with Gasteiger partial charge in [-0.05, 0) is 32.0 Å². The van der Waals surface area contributed by atoms with E-state index in [2.05, 4.69) is 15.3 Å². The van der Waals surface area contributed by atoms with E-state index in [-0.39, 0.29) is 11.7 Å².